The van der Waals surface area contributed by atoms with Crippen LogP contribution in [0.4, 0.5) is 0 Å². The molecule has 0 aliphatic carbocycles. The Balaban J connectivity index is 1.90. The lowest BCUT2D eigenvalue weighted by molar-refractivity contribution is 0.448. The van der Waals surface area contributed by atoms with Crippen molar-refractivity contribution in [2.24, 2.45) is 4.99 Å². The van der Waals surface area contributed by atoms with E-state index in [0.29, 0.717) is 0 Å². The molecule has 0 saturated heterocycles. The number of benzene rings is 1. The highest BCUT2D eigenvalue weighted by Gasteiger charge is 2.25. The molecule has 0 unspecified atom stereocenters. The van der Waals surface area contributed by atoms with Gasteiger partial charge in [-0.3, -0.25) is 4.99 Å². The van der Waals surface area contributed by atoms with E-state index in [2.05, 4.69) is 47.1 Å². The summed E-state index contributed by atoms with van der Waals surface area (Å²) in [5.74, 6) is 1.26. The topological polar surface area (TPSA) is 15.6 Å². The van der Waals surface area contributed by atoms with Gasteiger partial charge in [0.05, 0.1) is 6.54 Å². The fraction of sp³-hybridized carbons (Fsp3) is 0.400. The van der Waals surface area contributed by atoms with E-state index in [4.69, 9.17) is 0 Å². The van der Waals surface area contributed by atoms with E-state index in [1.54, 1.807) is 0 Å². The van der Waals surface area contributed by atoms with Gasteiger partial charge in [-0.1, -0.05) is 35.9 Å². The smallest absolute Gasteiger partial charge is 0.127 e. The summed E-state index contributed by atoms with van der Waals surface area (Å²) in [5.41, 5.74) is 4.36. The molecule has 2 heterocycles. The fourth-order valence-corrected chi connectivity index (χ4v) is 2.66. The quantitative estimate of drug-likeness (QED) is 0.757. The average Bonchev–Trinajstić information content (AvgIpc) is 2.83. The van der Waals surface area contributed by atoms with Crippen molar-refractivity contribution >= 4 is 5.84 Å². The predicted octanol–water partition coefficient (Wildman–Crippen LogP) is 2.66. The molecule has 0 spiro atoms. The third kappa shape index (κ3) is 1.99. The van der Waals surface area contributed by atoms with Gasteiger partial charge in [0.15, 0.2) is 0 Å². The minimum atomic E-state index is 0.973. The number of amidine groups is 1. The van der Waals surface area contributed by atoms with Crippen LogP contribution in [0.3, 0.4) is 0 Å². The summed E-state index contributed by atoms with van der Waals surface area (Å²) in [6.45, 7) is 5.50. The van der Waals surface area contributed by atoms with Gasteiger partial charge < -0.3 is 4.90 Å². The van der Waals surface area contributed by atoms with Gasteiger partial charge in [0.1, 0.15) is 5.84 Å². The Labute approximate surface area is 103 Å². The second kappa shape index (κ2) is 4.36. The lowest BCUT2D eigenvalue weighted by Crippen LogP contribution is -2.34. The van der Waals surface area contributed by atoms with Crippen molar-refractivity contribution in [3.8, 4) is 0 Å². The van der Waals surface area contributed by atoms with Crippen LogP contribution in [0.1, 0.15) is 18.9 Å². The summed E-state index contributed by atoms with van der Waals surface area (Å²) in [6, 6.07) is 10.7. The van der Waals surface area contributed by atoms with Crippen molar-refractivity contribution in [1.82, 2.24) is 4.90 Å². The van der Waals surface area contributed by atoms with E-state index in [9.17, 15) is 0 Å². The SMILES string of the molecule is CC1=C(Cc2ccccc2)C2=NCCN2CC1. The number of hydrogen-bond donors (Lipinski definition) is 0. The van der Waals surface area contributed by atoms with Gasteiger partial charge in [0.2, 0.25) is 0 Å². The second-order valence-electron chi connectivity index (χ2n) is 4.86. The van der Waals surface area contributed by atoms with E-state index in [0.717, 1.165) is 26.1 Å². The maximum atomic E-state index is 4.67. The van der Waals surface area contributed by atoms with Crippen LogP contribution in [0.5, 0.6) is 0 Å². The van der Waals surface area contributed by atoms with Gasteiger partial charge in [0, 0.05) is 19.5 Å². The summed E-state index contributed by atoms with van der Waals surface area (Å²) in [7, 11) is 0. The average molecular weight is 226 g/mol. The van der Waals surface area contributed by atoms with Crippen molar-refractivity contribution in [3.63, 3.8) is 0 Å². The van der Waals surface area contributed by atoms with Crippen molar-refractivity contribution < 1.29 is 0 Å². The van der Waals surface area contributed by atoms with Gasteiger partial charge in [0.25, 0.3) is 0 Å². The zero-order valence-corrected chi connectivity index (χ0v) is 10.3. The molecule has 2 heteroatoms. The molecule has 3 rings (SSSR count). The zero-order chi connectivity index (χ0) is 11.7. The number of fused-ring (bicyclic) bond motifs is 1. The number of rotatable bonds is 2. The zero-order valence-electron chi connectivity index (χ0n) is 10.3. The highest BCUT2D eigenvalue weighted by molar-refractivity contribution is 6.01. The molecule has 0 radical (unpaired) electrons. The first-order chi connectivity index (χ1) is 8.34. The maximum absolute atomic E-state index is 4.67. The minimum Gasteiger partial charge on any atom is -0.355 e. The molecule has 0 amide bonds. The molecule has 0 atom stereocenters. The Bertz CT molecular complexity index is 471. The van der Waals surface area contributed by atoms with Crippen LogP contribution in [0.15, 0.2) is 46.5 Å². The van der Waals surface area contributed by atoms with Gasteiger partial charge >= 0.3 is 0 Å². The van der Waals surface area contributed by atoms with E-state index in [1.807, 2.05) is 0 Å². The molecule has 0 saturated carbocycles. The lowest BCUT2D eigenvalue weighted by atomic mass is 9.94. The normalized spacial score (nSPS) is 19.4. The Morgan fingerprint density at radius 3 is 2.82 bits per heavy atom. The van der Waals surface area contributed by atoms with Crippen LogP contribution in [-0.4, -0.2) is 30.4 Å². The summed E-state index contributed by atoms with van der Waals surface area (Å²) >= 11 is 0. The largest absolute Gasteiger partial charge is 0.355 e. The molecule has 0 bridgehead atoms. The van der Waals surface area contributed by atoms with Crippen molar-refractivity contribution in [2.75, 3.05) is 19.6 Å². The van der Waals surface area contributed by atoms with E-state index in [-0.39, 0.29) is 0 Å². The molecule has 0 fully saturated rings. The molecule has 2 aliphatic heterocycles. The Morgan fingerprint density at radius 2 is 2.00 bits per heavy atom. The molecule has 0 N–H and O–H groups in total. The molecule has 0 aromatic heterocycles. The summed E-state index contributed by atoms with van der Waals surface area (Å²) in [4.78, 5) is 7.11. The van der Waals surface area contributed by atoms with Crippen molar-refractivity contribution in [3.05, 3.63) is 47.0 Å². The number of aliphatic imine (C=N–C) groups is 1. The van der Waals surface area contributed by atoms with Crippen LogP contribution >= 0.6 is 0 Å². The first kappa shape index (κ1) is 10.6. The van der Waals surface area contributed by atoms with E-state index >= 15 is 0 Å². The molecule has 1 aromatic rings. The van der Waals surface area contributed by atoms with E-state index in [1.165, 1.54) is 29.0 Å². The minimum absolute atomic E-state index is 0.973. The molecule has 88 valence electrons. The standard InChI is InChI=1S/C15H18N2/c1-12-7-9-17-10-8-16-15(17)14(12)11-13-5-3-2-4-6-13/h2-6H,7-11H2,1H3. The molecule has 2 nitrogen and oxygen atoms in total. The van der Waals surface area contributed by atoms with Gasteiger partial charge in [-0.05, 0) is 24.5 Å². The molecular weight excluding hydrogens is 208 g/mol. The third-order valence-electron chi connectivity index (χ3n) is 3.70. The Hall–Kier alpha value is -1.57. The van der Waals surface area contributed by atoms with Crippen LogP contribution < -0.4 is 0 Å². The van der Waals surface area contributed by atoms with Gasteiger partial charge in [-0.25, -0.2) is 0 Å². The first-order valence-electron chi connectivity index (χ1n) is 6.37. The lowest BCUT2D eigenvalue weighted by Gasteiger charge is -2.29. The summed E-state index contributed by atoms with van der Waals surface area (Å²) in [6.07, 6.45) is 2.23. The molecular formula is C15H18N2. The number of hydrogen-bond acceptors (Lipinski definition) is 2. The molecule has 1 aromatic carbocycles. The van der Waals surface area contributed by atoms with Gasteiger partial charge in [-0.2, -0.15) is 0 Å². The van der Waals surface area contributed by atoms with Crippen LogP contribution in [0.2, 0.25) is 0 Å². The van der Waals surface area contributed by atoms with Crippen molar-refractivity contribution in [1.29, 1.82) is 0 Å². The van der Waals surface area contributed by atoms with E-state index < -0.39 is 0 Å². The molecule has 2 aliphatic rings. The van der Waals surface area contributed by atoms with Gasteiger partial charge in [-0.15, -0.1) is 0 Å². The highest BCUT2D eigenvalue weighted by Crippen LogP contribution is 2.25. The van der Waals surface area contributed by atoms with Crippen LogP contribution in [-0.2, 0) is 6.42 Å². The first-order valence-corrected chi connectivity index (χ1v) is 6.37. The number of nitrogens with zero attached hydrogens (tertiary/aromatic N) is 2. The Morgan fingerprint density at radius 1 is 1.18 bits per heavy atom. The predicted molar refractivity (Wildman–Crippen MR) is 71.3 cm³/mol. The summed E-state index contributed by atoms with van der Waals surface area (Å²) in [5, 5.41) is 0. The molecule has 17 heavy (non-hydrogen) atoms. The maximum Gasteiger partial charge on any atom is 0.127 e. The fourth-order valence-electron chi connectivity index (χ4n) is 2.66. The second-order valence-corrected chi connectivity index (χ2v) is 4.86. The monoisotopic (exact) mass is 226 g/mol. The van der Waals surface area contributed by atoms with Crippen LogP contribution in [0, 0.1) is 0 Å². The van der Waals surface area contributed by atoms with Crippen molar-refractivity contribution in [2.45, 2.75) is 19.8 Å². The van der Waals surface area contributed by atoms with Crippen LogP contribution in [0.25, 0.3) is 0 Å². The third-order valence-corrected chi connectivity index (χ3v) is 3.70. The highest BCUT2D eigenvalue weighted by atomic mass is 15.2. The summed E-state index contributed by atoms with van der Waals surface area (Å²) < 4.78 is 0. The Kier molecular flexibility index (Phi) is 2.71.